The largest absolute Gasteiger partial charge is 0.495 e. The molecule has 1 fully saturated rings. The quantitative estimate of drug-likeness (QED) is 0.235. The lowest BCUT2D eigenvalue weighted by atomic mass is 9.78. The second kappa shape index (κ2) is 7.85. The summed E-state index contributed by atoms with van der Waals surface area (Å²) in [7, 11) is -0.553. The Hall–Kier alpha value is -4.33. The summed E-state index contributed by atoms with van der Waals surface area (Å²) in [6.45, 7) is 6.25. The van der Waals surface area contributed by atoms with Gasteiger partial charge in [-0.3, -0.25) is 0 Å². The Morgan fingerprint density at radius 2 is 1.36 bits per heavy atom. The molecule has 0 spiro atoms. The smallest absolute Gasteiger partial charge is 0.456 e. The van der Waals surface area contributed by atoms with E-state index in [0.29, 0.717) is 17.5 Å². The number of rotatable bonds is 1. The fraction of sp³-hybridized carbons (Fsp3) is 0.156. The van der Waals surface area contributed by atoms with Gasteiger partial charge in [0.05, 0.1) is 5.60 Å². The molecule has 8 rings (SSSR count). The highest BCUT2D eigenvalue weighted by Gasteiger charge is 2.56. The zero-order valence-electron chi connectivity index (χ0n) is 21.8. The third kappa shape index (κ3) is 3.20. The van der Waals surface area contributed by atoms with Crippen LogP contribution >= 0.6 is 0 Å². The zero-order valence-corrected chi connectivity index (χ0v) is 21.8. The molecule has 1 unspecified atom stereocenters. The van der Waals surface area contributed by atoms with E-state index in [4.69, 9.17) is 28.7 Å². The molecule has 2 aliphatic rings. The van der Waals surface area contributed by atoms with Gasteiger partial charge in [-0.15, -0.1) is 0 Å². The van der Waals surface area contributed by atoms with Gasteiger partial charge in [-0.2, -0.15) is 0 Å². The maximum atomic E-state index is 6.84. The summed E-state index contributed by atoms with van der Waals surface area (Å²) in [5.41, 5.74) is 4.73. The van der Waals surface area contributed by atoms with Crippen molar-refractivity contribution >= 4 is 34.5 Å². The number of nitrogens with zero attached hydrogens (tertiary/aromatic N) is 3. The van der Waals surface area contributed by atoms with Gasteiger partial charge in [-0.05, 0) is 43.9 Å². The van der Waals surface area contributed by atoms with Gasteiger partial charge in [0.25, 0.3) is 0 Å². The first kappa shape index (κ1) is 22.6. The number of hydrogen-bond acceptors (Lipinski definition) is 6. The van der Waals surface area contributed by atoms with Crippen LogP contribution in [0.1, 0.15) is 26.3 Å². The van der Waals surface area contributed by atoms with Gasteiger partial charge < -0.3 is 13.7 Å². The molecule has 0 saturated carbocycles. The Kier molecular flexibility index (Phi) is 4.56. The molecule has 0 amide bonds. The van der Waals surface area contributed by atoms with Crippen LogP contribution in [0.25, 0.3) is 56.1 Å². The van der Waals surface area contributed by atoms with E-state index in [1.54, 1.807) is 0 Å². The third-order valence-corrected chi connectivity index (χ3v) is 8.27. The molecule has 6 bridgehead atoms. The Morgan fingerprint density at radius 1 is 0.641 bits per heavy atom. The highest BCUT2D eigenvalue weighted by Crippen LogP contribution is 2.48. The van der Waals surface area contributed by atoms with E-state index in [0.717, 1.165) is 49.7 Å². The van der Waals surface area contributed by atoms with Crippen molar-refractivity contribution in [1.29, 1.82) is 0 Å². The molecule has 2 aromatic heterocycles. The minimum atomic E-state index is -0.782. The Balaban J connectivity index is 1.54. The van der Waals surface area contributed by atoms with E-state index in [-0.39, 0.29) is 0 Å². The van der Waals surface area contributed by atoms with Crippen LogP contribution in [0.5, 0.6) is 0 Å². The number of benzene rings is 4. The average Bonchev–Trinajstić information content (AvgIpc) is 3.46. The molecule has 4 aromatic carbocycles. The van der Waals surface area contributed by atoms with Crippen molar-refractivity contribution in [3.8, 4) is 34.2 Å². The summed E-state index contributed by atoms with van der Waals surface area (Å²) >= 11 is 0. The summed E-state index contributed by atoms with van der Waals surface area (Å²) in [5, 5.41) is 1.93. The lowest BCUT2D eigenvalue weighted by Gasteiger charge is -2.38. The number of furan rings is 1. The van der Waals surface area contributed by atoms with Crippen molar-refractivity contribution in [2.24, 2.45) is 0 Å². The maximum Gasteiger partial charge on any atom is 0.495 e. The fourth-order valence-electron chi connectivity index (χ4n) is 5.89. The molecule has 0 radical (unpaired) electrons. The molecular formula is C32H24BN3O3. The minimum absolute atomic E-state index is 0.553. The first-order valence-electron chi connectivity index (χ1n) is 13.1. The highest BCUT2D eigenvalue weighted by atomic mass is 16.7. The minimum Gasteiger partial charge on any atom is -0.456 e. The van der Waals surface area contributed by atoms with Crippen molar-refractivity contribution in [1.82, 2.24) is 15.0 Å². The van der Waals surface area contributed by atoms with Gasteiger partial charge in [0.1, 0.15) is 16.8 Å². The first-order chi connectivity index (χ1) is 18.9. The SMILES string of the molecule is CC1(C)OB2OC1(C)c1ccccc1-c1nc(-c3ccccc3)nc(n1)-c1cccc3oc4ccc2cc4c13. The zero-order chi connectivity index (χ0) is 26.4. The van der Waals surface area contributed by atoms with Crippen molar-refractivity contribution in [3.05, 3.63) is 96.6 Å². The highest BCUT2D eigenvalue weighted by molar-refractivity contribution is 6.62. The van der Waals surface area contributed by atoms with E-state index in [2.05, 4.69) is 39.0 Å². The Morgan fingerprint density at radius 3 is 2.21 bits per heavy atom. The maximum absolute atomic E-state index is 6.84. The molecule has 1 saturated heterocycles. The second-order valence-corrected chi connectivity index (χ2v) is 10.9. The molecule has 7 heteroatoms. The summed E-state index contributed by atoms with van der Waals surface area (Å²) in [5.74, 6) is 1.79. The van der Waals surface area contributed by atoms with E-state index in [1.807, 2.05) is 72.8 Å². The summed E-state index contributed by atoms with van der Waals surface area (Å²) in [6.07, 6.45) is 0. The molecule has 0 N–H and O–H groups in total. The topological polar surface area (TPSA) is 70.3 Å². The third-order valence-electron chi connectivity index (χ3n) is 8.27. The molecule has 2 aliphatic heterocycles. The number of aromatic nitrogens is 3. The van der Waals surface area contributed by atoms with Crippen molar-refractivity contribution in [3.63, 3.8) is 0 Å². The van der Waals surface area contributed by atoms with E-state index >= 15 is 0 Å². The van der Waals surface area contributed by atoms with Gasteiger partial charge in [0, 0.05) is 27.5 Å². The second-order valence-electron chi connectivity index (χ2n) is 10.9. The normalized spacial score (nSPS) is 19.2. The predicted molar refractivity (Wildman–Crippen MR) is 152 cm³/mol. The first-order valence-corrected chi connectivity index (χ1v) is 13.1. The van der Waals surface area contributed by atoms with Crippen LogP contribution in [0, 0.1) is 0 Å². The molecular weight excluding hydrogens is 485 g/mol. The van der Waals surface area contributed by atoms with Crippen LogP contribution in [0.3, 0.4) is 0 Å². The standard InChI is InChI=1S/C32H24BN3O3/c1-31(2)32(3)24-14-8-7-12-21(24)29-34-28(19-10-5-4-6-11-19)35-30(36-29)22-13-9-15-26-27(22)23-18-20(33(38-31)39-32)16-17-25(23)37-26/h4-18H,1-3H3. The van der Waals surface area contributed by atoms with E-state index in [1.165, 1.54) is 0 Å². The lowest BCUT2D eigenvalue weighted by Crippen LogP contribution is -2.42. The van der Waals surface area contributed by atoms with Crippen LogP contribution in [0.2, 0.25) is 0 Å². The fourth-order valence-corrected chi connectivity index (χ4v) is 5.89. The Labute approximate surface area is 225 Å². The van der Waals surface area contributed by atoms with E-state index < -0.39 is 18.3 Å². The monoisotopic (exact) mass is 509 g/mol. The van der Waals surface area contributed by atoms with Crippen LogP contribution in [0.4, 0.5) is 0 Å². The molecule has 6 nitrogen and oxygen atoms in total. The van der Waals surface area contributed by atoms with E-state index in [9.17, 15) is 0 Å². The van der Waals surface area contributed by atoms with Crippen LogP contribution in [0.15, 0.2) is 95.4 Å². The molecule has 6 aromatic rings. The average molecular weight is 509 g/mol. The number of hydrogen-bond donors (Lipinski definition) is 0. The molecule has 0 aliphatic carbocycles. The lowest BCUT2D eigenvalue weighted by molar-refractivity contribution is -0.0129. The summed E-state index contributed by atoms with van der Waals surface area (Å²) < 4.78 is 19.7. The van der Waals surface area contributed by atoms with Crippen molar-refractivity contribution in [2.45, 2.75) is 32.0 Å². The predicted octanol–water partition coefficient (Wildman–Crippen LogP) is 6.52. The van der Waals surface area contributed by atoms with Crippen molar-refractivity contribution < 1.29 is 13.7 Å². The molecule has 1 atom stereocenters. The van der Waals surface area contributed by atoms with Gasteiger partial charge in [0.15, 0.2) is 17.5 Å². The molecule has 4 heterocycles. The van der Waals surface area contributed by atoms with Gasteiger partial charge >= 0.3 is 7.12 Å². The van der Waals surface area contributed by atoms with Crippen LogP contribution < -0.4 is 5.46 Å². The number of fused-ring (bicyclic) bond motifs is 10. The van der Waals surface area contributed by atoms with Gasteiger partial charge in [-0.25, -0.2) is 15.0 Å². The van der Waals surface area contributed by atoms with Crippen molar-refractivity contribution in [2.75, 3.05) is 0 Å². The summed E-state index contributed by atoms with van der Waals surface area (Å²) in [6, 6.07) is 30.3. The van der Waals surface area contributed by atoms with Gasteiger partial charge in [-0.1, -0.05) is 78.9 Å². The Bertz CT molecular complexity index is 1930. The summed E-state index contributed by atoms with van der Waals surface area (Å²) in [4.78, 5) is 15.1. The molecule has 39 heavy (non-hydrogen) atoms. The van der Waals surface area contributed by atoms with Gasteiger partial charge in [0.2, 0.25) is 0 Å². The van der Waals surface area contributed by atoms with Crippen LogP contribution in [-0.4, -0.2) is 27.7 Å². The van der Waals surface area contributed by atoms with Crippen LogP contribution in [-0.2, 0) is 14.9 Å². The molecule has 188 valence electrons.